The van der Waals surface area contributed by atoms with Crippen molar-refractivity contribution < 1.29 is 4.79 Å². The van der Waals surface area contributed by atoms with Crippen LogP contribution in [0.5, 0.6) is 0 Å². The molecule has 1 aliphatic heterocycles. The third-order valence-corrected chi connectivity index (χ3v) is 5.95. The largest absolute Gasteiger partial charge is 0.369 e. The molecule has 1 fully saturated rings. The molecule has 0 aliphatic carbocycles. The normalized spacial score (nSPS) is 15.2. The van der Waals surface area contributed by atoms with Gasteiger partial charge in [0.2, 0.25) is 5.95 Å². The van der Waals surface area contributed by atoms with Crippen LogP contribution in [0.1, 0.15) is 41.7 Å². The summed E-state index contributed by atoms with van der Waals surface area (Å²) >= 11 is 1.56. The van der Waals surface area contributed by atoms with Crippen molar-refractivity contribution in [3.8, 4) is 0 Å². The van der Waals surface area contributed by atoms with Crippen LogP contribution >= 0.6 is 11.3 Å². The fourth-order valence-corrected chi connectivity index (χ4v) is 4.32. The van der Waals surface area contributed by atoms with Gasteiger partial charge in [-0.25, -0.2) is 4.98 Å². The van der Waals surface area contributed by atoms with Gasteiger partial charge in [0.05, 0.1) is 5.01 Å². The molecule has 28 heavy (non-hydrogen) atoms. The lowest BCUT2D eigenvalue weighted by molar-refractivity contribution is 0.0940. The van der Waals surface area contributed by atoms with Crippen LogP contribution in [0.15, 0.2) is 17.8 Å². The molecule has 3 N–H and O–H groups in total. The highest BCUT2D eigenvalue weighted by Gasteiger charge is 2.22. The van der Waals surface area contributed by atoms with E-state index in [9.17, 15) is 4.79 Å². The molecular weight excluding hydrogens is 376 g/mol. The second-order valence-corrected chi connectivity index (χ2v) is 7.99. The van der Waals surface area contributed by atoms with Gasteiger partial charge in [-0.15, -0.1) is 21.5 Å². The van der Waals surface area contributed by atoms with Gasteiger partial charge in [0, 0.05) is 31.1 Å². The third-order valence-electron chi connectivity index (χ3n) is 5.05. The second-order valence-electron chi connectivity index (χ2n) is 7.05. The standard InChI is InChI=1S/C18H24N8OS/c1-2-3-16-22-13(10-28-16)17(27)20-9-12-4-6-25(7-5-12)14-8-15-24-21-11-26(15)18(19)23-14/h8,10-12H,2-7,9H2,1H3,(H2,19,23)(H,20,27). The van der Waals surface area contributed by atoms with Crippen molar-refractivity contribution in [2.45, 2.75) is 32.6 Å². The van der Waals surface area contributed by atoms with Crippen LogP contribution in [0.3, 0.4) is 0 Å². The quantitative estimate of drug-likeness (QED) is 0.648. The fraction of sp³-hybridized carbons (Fsp3) is 0.500. The number of nitrogens with one attached hydrogen (secondary N) is 1. The Morgan fingerprint density at radius 3 is 2.96 bits per heavy atom. The summed E-state index contributed by atoms with van der Waals surface area (Å²) in [5.74, 6) is 1.58. The number of nitrogens with two attached hydrogens (primary N) is 1. The molecule has 1 amide bonds. The molecule has 1 saturated heterocycles. The van der Waals surface area contributed by atoms with E-state index in [1.165, 1.54) is 0 Å². The molecule has 9 nitrogen and oxygen atoms in total. The summed E-state index contributed by atoms with van der Waals surface area (Å²) in [5.41, 5.74) is 7.22. The number of amides is 1. The lowest BCUT2D eigenvalue weighted by Gasteiger charge is -2.32. The fourth-order valence-electron chi connectivity index (χ4n) is 3.44. The van der Waals surface area contributed by atoms with Crippen LogP contribution in [0.25, 0.3) is 5.65 Å². The maximum absolute atomic E-state index is 12.3. The molecule has 0 bridgehead atoms. The number of fused-ring (bicyclic) bond motifs is 1. The monoisotopic (exact) mass is 400 g/mol. The molecular formula is C18H24N8OS. The van der Waals surface area contributed by atoms with Crippen molar-refractivity contribution >= 4 is 34.7 Å². The minimum absolute atomic E-state index is 0.0762. The highest BCUT2D eigenvalue weighted by molar-refractivity contribution is 7.09. The van der Waals surface area contributed by atoms with Crippen molar-refractivity contribution in [2.24, 2.45) is 5.92 Å². The number of thiazole rings is 1. The molecule has 4 heterocycles. The molecule has 0 unspecified atom stereocenters. The number of anilines is 2. The van der Waals surface area contributed by atoms with Gasteiger partial charge in [0.15, 0.2) is 5.65 Å². The average Bonchev–Trinajstić information content (AvgIpc) is 3.36. The van der Waals surface area contributed by atoms with E-state index in [4.69, 9.17) is 5.73 Å². The van der Waals surface area contributed by atoms with E-state index >= 15 is 0 Å². The number of hydrogen-bond donors (Lipinski definition) is 2. The summed E-state index contributed by atoms with van der Waals surface area (Å²) < 4.78 is 1.66. The maximum Gasteiger partial charge on any atom is 0.270 e. The highest BCUT2D eigenvalue weighted by Crippen LogP contribution is 2.23. The number of aryl methyl sites for hydroxylation is 1. The molecule has 10 heteroatoms. The molecule has 1 aliphatic rings. The Labute approximate surface area is 167 Å². The van der Waals surface area contributed by atoms with Crippen LogP contribution in [-0.4, -0.2) is 50.1 Å². The van der Waals surface area contributed by atoms with Gasteiger partial charge in [0.25, 0.3) is 5.91 Å². The molecule has 0 saturated carbocycles. The number of nitrogen functional groups attached to an aromatic ring is 1. The Balaban J connectivity index is 1.29. The number of aromatic nitrogens is 5. The molecule has 4 rings (SSSR count). The summed E-state index contributed by atoms with van der Waals surface area (Å²) in [6.07, 6.45) is 5.49. The number of carbonyl (C=O) groups is 1. The van der Waals surface area contributed by atoms with Gasteiger partial charge >= 0.3 is 0 Å². The van der Waals surface area contributed by atoms with Gasteiger partial charge in [-0.1, -0.05) is 6.92 Å². The molecule has 0 spiro atoms. The van der Waals surface area contributed by atoms with Crippen molar-refractivity contribution in [3.05, 3.63) is 28.5 Å². The predicted octanol–water partition coefficient (Wildman–Crippen LogP) is 1.76. The number of carbonyl (C=O) groups excluding carboxylic acids is 1. The first-order valence-electron chi connectivity index (χ1n) is 9.58. The molecule has 3 aromatic rings. The summed E-state index contributed by atoms with van der Waals surface area (Å²) in [7, 11) is 0. The summed E-state index contributed by atoms with van der Waals surface area (Å²) in [5, 5.41) is 13.8. The summed E-state index contributed by atoms with van der Waals surface area (Å²) in [6.45, 7) is 4.52. The van der Waals surface area contributed by atoms with Gasteiger partial charge in [0.1, 0.15) is 17.8 Å². The topological polar surface area (TPSA) is 114 Å². The van der Waals surface area contributed by atoms with Crippen molar-refractivity contribution in [3.63, 3.8) is 0 Å². The van der Waals surface area contributed by atoms with Gasteiger partial charge in [-0.05, 0) is 31.6 Å². The zero-order chi connectivity index (χ0) is 19.5. The Bertz CT molecular complexity index is 960. The van der Waals surface area contributed by atoms with Crippen LogP contribution < -0.4 is 16.0 Å². The zero-order valence-electron chi connectivity index (χ0n) is 15.8. The van der Waals surface area contributed by atoms with Crippen LogP contribution in [0, 0.1) is 5.92 Å². The molecule has 148 valence electrons. The smallest absolute Gasteiger partial charge is 0.270 e. The van der Waals surface area contributed by atoms with Gasteiger partial charge in [-0.3, -0.25) is 9.20 Å². The van der Waals surface area contributed by atoms with Gasteiger partial charge < -0.3 is 16.0 Å². The first-order valence-corrected chi connectivity index (χ1v) is 10.5. The van der Waals surface area contributed by atoms with E-state index in [2.05, 4.69) is 37.3 Å². The number of hydrogen-bond acceptors (Lipinski definition) is 8. The Hall–Kier alpha value is -2.75. The van der Waals surface area contributed by atoms with Crippen LogP contribution in [0.2, 0.25) is 0 Å². The summed E-state index contributed by atoms with van der Waals surface area (Å²) in [6, 6.07) is 1.90. The van der Waals surface area contributed by atoms with E-state index in [1.54, 1.807) is 22.1 Å². The first-order chi connectivity index (χ1) is 13.6. The van der Waals surface area contributed by atoms with Gasteiger partial charge in [-0.2, -0.15) is 4.98 Å². The van der Waals surface area contributed by atoms with E-state index in [-0.39, 0.29) is 5.91 Å². The summed E-state index contributed by atoms with van der Waals surface area (Å²) in [4.78, 5) is 23.4. The zero-order valence-corrected chi connectivity index (χ0v) is 16.7. The van der Waals surface area contributed by atoms with Crippen LogP contribution in [-0.2, 0) is 6.42 Å². The Morgan fingerprint density at radius 2 is 2.18 bits per heavy atom. The molecule has 0 atom stereocenters. The molecule has 0 aromatic carbocycles. The number of piperidine rings is 1. The average molecular weight is 401 g/mol. The predicted molar refractivity (Wildman–Crippen MR) is 109 cm³/mol. The second kappa shape index (κ2) is 8.09. The number of rotatable bonds is 6. The minimum Gasteiger partial charge on any atom is -0.369 e. The lowest BCUT2D eigenvalue weighted by Crippen LogP contribution is -2.39. The third kappa shape index (κ3) is 3.91. The first kappa shape index (κ1) is 18.6. The highest BCUT2D eigenvalue weighted by atomic mass is 32.1. The van der Waals surface area contributed by atoms with Crippen LogP contribution in [0.4, 0.5) is 11.8 Å². The maximum atomic E-state index is 12.3. The van der Waals surface area contributed by atoms with E-state index in [1.807, 2.05) is 11.4 Å². The minimum atomic E-state index is -0.0762. The van der Waals surface area contributed by atoms with Crippen molar-refractivity contribution in [1.29, 1.82) is 0 Å². The van der Waals surface area contributed by atoms with Crippen molar-refractivity contribution in [2.75, 3.05) is 30.3 Å². The van der Waals surface area contributed by atoms with Crippen molar-refractivity contribution in [1.82, 2.24) is 29.9 Å². The van der Waals surface area contributed by atoms with E-state index < -0.39 is 0 Å². The lowest BCUT2D eigenvalue weighted by atomic mass is 9.97. The molecule has 3 aromatic heterocycles. The van der Waals surface area contributed by atoms with E-state index in [0.29, 0.717) is 29.8 Å². The Morgan fingerprint density at radius 1 is 1.36 bits per heavy atom. The van der Waals surface area contributed by atoms with E-state index in [0.717, 1.165) is 49.6 Å². The Kier molecular flexibility index (Phi) is 5.38. The molecule has 0 radical (unpaired) electrons. The number of nitrogens with zero attached hydrogens (tertiary/aromatic N) is 6. The SMILES string of the molecule is CCCc1nc(C(=O)NCC2CCN(c3cc4nncn4c(N)n3)CC2)cs1.